The molecule has 0 radical (unpaired) electrons. The largest absolute Gasteiger partial charge is 0.350 e. The zero-order chi connectivity index (χ0) is 19.1. The molecule has 0 saturated heterocycles. The average molecular weight is 363 g/mol. The minimum atomic E-state index is -0.256. The summed E-state index contributed by atoms with van der Waals surface area (Å²) in [5.74, 6) is -0.509. The van der Waals surface area contributed by atoms with Crippen LogP contribution in [-0.4, -0.2) is 23.3 Å². The maximum absolute atomic E-state index is 12.5. The van der Waals surface area contributed by atoms with Crippen molar-refractivity contribution in [2.45, 2.75) is 39.0 Å². The van der Waals surface area contributed by atoms with Gasteiger partial charge in [0.25, 0.3) is 11.8 Å². The number of anilines is 1. The number of carbonyl (C=O) groups is 2. The number of allylic oxidation sites excluding steroid dienone is 1. The third-order valence-corrected chi connectivity index (χ3v) is 4.76. The Balaban J connectivity index is 1.59. The Labute approximate surface area is 159 Å². The van der Waals surface area contributed by atoms with E-state index in [1.807, 2.05) is 31.2 Å². The average Bonchev–Trinajstić information content (AvgIpc) is 2.70. The summed E-state index contributed by atoms with van der Waals surface area (Å²) in [7, 11) is 0. The van der Waals surface area contributed by atoms with Crippen LogP contribution in [0.5, 0.6) is 0 Å². The number of nitrogens with zero attached hydrogens (tertiary/aromatic N) is 1. The van der Waals surface area contributed by atoms with Gasteiger partial charge in [-0.15, -0.1) is 0 Å². The smallest absolute Gasteiger partial charge is 0.269 e. The van der Waals surface area contributed by atoms with Gasteiger partial charge in [0.2, 0.25) is 0 Å². The highest BCUT2D eigenvalue weighted by molar-refractivity contribution is 6.06. The van der Waals surface area contributed by atoms with Crippen LogP contribution in [0.3, 0.4) is 0 Å². The number of rotatable bonds is 6. The van der Waals surface area contributed by atoms with Gasteiger partial charge in [-0.2, -0.15) is 0 Å². The van der Waals surface area contributed by atoms with Crippen LogP contribution in [0, 0.1) is 6.92 Å². The van der Waals surface area contributed by atoms with Gasteiger partial charge in [0, 0.05) is 24.0 Å². The van der Waals surface area contributed by atoms with E-state index < -0.39 is 0 Å². The minimum Gasteiger partial charge on any atom is -0.350 e. The van der Waals surface area contributed by atoms with E-state index in [1.165, 1.54) is 30.7 Å². The standard InChI is InChI=1S/C22H25N3O2/c1-16-7-5-6-10-19(16)25-21(26)18-12-14-23-20(15-18)22(27)24-13-11-17-8-3-2-4-9-17/h5-8,10,12,14-15H,2-4,9,11,13H2,1H3,(H,24,27)(H,25,26). The molecule has 140 valence electrons. The summed E-state index contributed by atoms with van der Waals surface area (Å²) in [4.78, 5) is 28.9. The molecule has 3 rings (SSSR count). The fourth-order valence-corrected chi connectivity index (χ4v) is 3.16. The molecule has 0 bridgehead atoms. The van der Waals surface area contributed by atoms with Crippen molar-refractivity contribution in [3.63, 3.8) is 0 Å². The van der Waals surface area contributed by atoms with Gasteiger partial charge in [0.05, 0.1) is 0 Å². The van der Waals surface area contributed by atoms with Gasteiger partial charge in [-0.3, -0.25) is 14.6 Å². The number of para-hydroxylation sites is 1. The molecule has 0 aliphatic heterocycles. The molecule has 27 heavy (non-hydrogen) atoms. The van der Waals surface area contributed by atoms with Gasteiger partial charge in [0.15, 0.2) is 0 Å². The van der Waals surface area contributed by atoms with Crippen molar-refractivity contribution in [2.24, 2.45) is 0 Å². The predicted octanol–water partition coefficient (Wildman–Crippen LogP) is 4.26. The third-order valence-electron chi connectivity index (χ3n) is 4.76. The summed E-state index contributed by atoms with van der Waals surface area (Å²) in [6.45, 7) is 2.52. The number of pyridine rings is 1. The summed E-state index contributed by atoms with van der Waals surface area (Å²) in [5, 5.41) is 5.77. The van der Waals surface area contributed by atoms with Gasteiger partial charge < -0.3 is 10.6 Å². The van der Waals surface area contributed by atoms with Crippen molar-refractivity contribution in [2.75, 3.05) is 11.9 Å². The van der Waals surface area contributed by atoms with Crippen LogP contribution in [0.15, 0.2) is 54.2 Å². The van der Waals surface area contributed by atoms with Gasteiger partial charge in [-0.1, -0.05) is 29.8 Å². The van der Waals surface area contributed by atoms with Crippen LogP contribution in [0.2, 0.25) is 0 Å². The maximum atomic E-state index is 12.5. The van der Waals surface area contributed by atoms with Crippen LogP contribution in [0.25, 0.3) is 0 Å². The Morgan fingerprint density at radius 1 is 1.11 bits per heavy atom. The number of benzene rings is 1. The van der Waals surface area contributed by atoms with Crippen LogP contribution in [-0.2, 0) is 0 Å². The van der Waals surface area contributed by atoms with Crippen molar-refractivity contribution >= 4 is 17.5 Å². The van der Waals surface area contributed by atoms with Gasteiger partial charge in [-0.25, -0.2) is 0 Å². The molecular formula is C22H25N3O2. The Hall–Kier alpha value is -2.95. The molecule has 1 aromatic heterocycles. The summed E-state index contributed by atoms with van der Waals surface area (Å²) >= 11 is 0. The Morgan fingerprint density at radius 3 is 2.74 bits per heavy atom. The minimum absolute atomic E-state index is 0.253. The molecule has 0 saturated carbocycles. The Morgan fingerprint density at radius 2 is 1.96 bits per heavy atom. The van der Waals surface area contributed by atoms with Crippen LogP contribution in [0.1, 0.15) is 58.5 Å². The van der Waals surface area contributed by atoms with Gasteiger partial charge >= 0.3 is 0 Å². The molecule has 0 unspecified atom stereocenters. The first-order chi connectivity index (χ1) is 13.1. The second-order valence-corrected chi connectivity index (χ2v) is 6.81. The van der Waals surface area contributed by atoms with E-state index >= 15 is 0 Å². The third kappa shape index (κ3) is 5.26. The van der Waals surface area contributed by atoms with Crippen molar-refractivity contribution in [1.29, 1.82) is 0 Å². The van der Waals surface area contributed by atoms with Crippen molar-refractivity contribution in [3.8, 4) is 0 Å². The number of aromatic nitrogens is 1. The molecule has 1 aromatic carbocycles. The SMILES string of the molecule is Cc1ccccc1NC(=O)c1ccnc(C(=O)NCCC2=CCCCC2)c1. The Kier molecular flexibility index (Phi) is 6.36. The highest BCUT2D eigenvalue weighted by Crippen LogP contribution is 2.19. The number of aryl methyl sites for hydroxylation is 1. The fourth-order valence-electron chi connectivity index (χ4n) is 3.16. The molecule has 0 atom stereocenters. The normalized spacial score (nSPS) is 13.6. The van der Waals surface area contributed by atoms with Crippen molar-refractivity contribution < 1.29 is 9.59 Å². The summed E-state index contributed by atoms with van der Waals surface area (Å²) < 4.78 is 0. The lowest BCUT2D eigenvalue weighted by Crippen LogP contribution is -2.26. The van der Waals surface area contributed by atoms with E-state index in [-0.39, 0.29) is 17.5 Å². The molecule has 5 heteroatoms. The molecular weight excluding hydrogens is 338 g/mol. The zero-order valence-corrected chi connectivity index (χ0v) is 15.6. The van der Waals surface area contributed by atoms with Crippen LogP contribution >= 0.6 is 0 Å². The molecule has 5 nitrogen and oxygen atoms in total. The molecule has 1 aliphatic carbocycles. The molecule has 1 aliphatic rings. The lowest BCUT2D eigenvalue weighted by Gasteiger charge is -2.13. The van der Waals surface area contributed by atoms with Crippen molar-refractivity contribution in [3.05, 3.63) is 71.1 Å². The molecule has 2 amide bonds. The van der Waals surface area contributed by atoms with E-state index in [2.05, 4.69) is 21.7 Å². The lowest BCUT2D eigenvalue weighted by molar-refractivity contribution is 0.0949. The first-order valence-corrected chi connectivity index (χ1v) is 9.42. The van der Waals surface area contributed by atoms with Crippen molar-refractivity contribution in [1.82, 2.24) is 10.3 Å². The molecule has 2 N–H and O–H groups in total. The summed E-state index contributed by atoms with van der Waals surface area (Å²) in [6, 6.07) is 10.7. The highest BCUT2D eigenvalue weighted by atomic mass is 16.2. The first kappa shape index (κ1) is 18.8. The number of nitrogens with one attached hydrogen (secondary N) is 2. The summed E-state index contributed by atoms with van der Waals surface area (Å²) in [5.41, 5.74) is 3.82. The molecule has 0 spiro atoms. The molecule has 0 fully saturated rings. The number of carbonyl (C=O) groups excluding carboxylic acids is 2. The second kappa shape index (κ2) is 9.12. The lowest BCUT2D eigenvalue weighted by atomic mass is 9.97. The second-order valence-electron chi connectivity index (χ2n) is 6.81. The van der Waals surface area contributed by atoms with Crippen LogP contribution < -0.4 is 10.6 Å². The number of amides is 2. The maximum Gasteiger partial charge on any atom is 0.269 e. The summed E-state index contributed by atoms with van der Waals surface area (Å²) in [6.07, 6.45) is 9.41. The van der Waals surface area contributed by atoms with Gasteiger partial charge in [-0.05, 0) is 62.8 Å². The van der Waals surface area contributed by atoms with E-state index in [0.717, 1.165) is 30.5 Å². The van der Waals surface area contributed by atoms with E-state index in [9.17, 15) is 9.59 Å². The fraction of sp³-hybridized carbons (Fsp3) is 0.318. The number of hydrogen-bond acceptors (Lipinski definition) is 3. The topological polar surface area (TPSA) is 71.1 Å². The molecule has 1 heterocycles. The van der Waals surface area contributed by atoms with E-state index in [0.29, 0.717) is 12.1 Å². The molecule has 2 aromatic rings. The van der Waals surface area contributed by atoms with Crippen LogP contribution in [0.4, 0.5) is 5.69 Å². The predicted molar refractivity (Wildman–Crippen MR) is 107 cm³/mol. The highest BCUT2D eigenvalue weighted by Gasteiger charge is 2.13. The van der Waals surface area contributed by atoms with E-state index in [1.54, 1.807) is 6.07 Å². The zero-order valence-electron chi connectivity index (χ0n) is 15.6. The quantitative estimate of drug-likeness (QED) is 0.753. The number of hydrogen-bond donors (Lipinski definition) is 2. The first-order valence-electron chi connectivity index (χ1n) is 9.42. The van der Waals surface area contributed by atoms with E-state index in [4.69, 9.17) is 0 Å². The van der Waals surface area contributed by atoms with Gasteiger partial charge in [0.1, 0.15) is 5.69 Å². The monoisotopic (exact) mass is 363 g/mol. The Bertz CT molecular complexity index is 858.